The first kappa shape index (κ1) is 16.2. The van der Waals surface area contributed by atoms with Crippen LogP contribution in [0.15, 0.2) is 24.3 Å². The lowest BCUT2D eigenvalue weighted by atomic mass is 10.1. The molecule has 1 aromatic carbocycles. The van der Waals surface area contributed by atoms with Gasteiger partial charge in [-0.25, -0.2) is 0 Å². The first-order chi connectivity index (χ1) is 8.20. The molecule has 0 saturated carbocycles. The van der Waals surface area contributed by atoms with Crippen molar-refractivity contribution < 1.29 is 0 Å². The third kappa shape index (κ3) is 11.5. The van der Waals surface area contributed by atoms with Gasteiger partial charge in [0.25, 0.3) is 0 Å². The third-order valence-electron chi connectivity index (χ3n) is 2.93. The fraction of sp³-hybridized carbons (Fsp3) is 0.647. The van der Waals surface area contributed by atoms with E-state index in [-0.39, 0.29) is 0 Å². The number of unbranched alkanes of at least 4 members (excludes halogenated alkanes) is 6. The van der Waals surface area contributed by atoms with E-state index in [9.17, 15) is 0 Å². The van der Waals surface area contributed by atoms with Crippen molar-refractivity contribution in [3.8, 4) is 0 Å². The molecule has 0 heteroatoms. The van der Waals surface area contributed by atoms with E-state index in [4.69, 9.17) is 0 Å². The van der Waals surface area contributed by atoms with Gasteiger partial charge in [0.15, 0.2) is 0 Å². The molecule has 0 aliphatic carbocycles. The second-order valence-corrected chi connectivity index (χ2v) is 4.92. The molecule has 1 rings (SSSR count). The van der Waals surface area contributed by atoms with Gasteiger partial charge in [-0.05, 0) is 13.8 Å². The van der Waals surface area contributed by atoms with Crippen molar-refractivity contribution in [3.05, 3.63) is 35.4 Å². The molecule has 17 heavy (non-hydrogen) atoms. The van der Waals surface area contributed by atoms with E-state index < -0.39 is 0 Å². The van der Waals surface area contributed by atoms with Gasteiger partial charge in [0.2, 0.25) is 0 Å². The molecule has 0 saturated heterocycles. The standard InChI is InChI=1S/C9H20.C8H10/c1-3-5-7-9-8-6-4-2;1-7-3-5-8(2)6-4-7/h3-9H2,1-2H3;3-6H,1-2H3. The Labute approximate surface area is 108 Å². The molecule has 1 aromatic rings. The average Bonchev–Trinajstić information content (AvgIpc) is 2.34. The monoisotopic (exact) mass is 234 g/mol. The first-order valence-electron chi connectivity index (χ1n) is 7.24. The molecular weight excluding hydrogens is 204 g/mol. The van der Waals surface area contributed by atoms with Crippen molar-refractivity contribution in [1.82, 2.24) is 0 Å². The van der Waals surface area contributed by atoms with Crippen molar-refractivity contribution in [3.63, 3.8) is 0 Å². The van der Waals surface area contributed by atoms with Crippen LogP contribution in [0, 0.1) is 13.8 Å². The normalized spacial score (nSPS) is 9.65. The van der Waals surface area contributed by atoms with Crippen molar-refractivity contribution >= 4 is 0 Å². The molecular formula is C17H30. The van der Waals surface area contributed by atoms with Crippen LogP contribution in [0.2, 0.25) is 0 Å². The van der Waals surface area contributed by atoms with Crippen LogP contribution >= 0.6 is 0 Å². The summed E-state index contributed by atoms with van der Waals surface area (Å²) < 4.78 is 0. The summed E-state index contributed by atoms with van der Waals surface area (Å²) in [6.45, 7) is 8.72. The summed E-state index contributed by atoms with van der Waals surface area (Å²) in [5, 5.41) is 0. The zero-order chi connectivity index (χ0) is 12.9. The minimum absolute atomic E-state index is 1.33. The summed E-state index contributed by atoms with van der Waals surface area (Å²) in [6.07, 6.45) is 9.97. The highest BCUT2D eigenvalue weighted by atomic mass is 13.9. The van der Waals surface area contributed by atoms with Crippen LogP contribution in [-0.2, 0) is 0 Å². The van der Waals surface area contributed by atoms with E-state index in [2.05, 4.69) is 52.0 Å². The topological polar surface area (TPSA) is 0 Å². The number of hydrogen-bond donors (Lipinski definition) is 0. The number of benzene rings is 1. The Morgan fingerprint density at radius 3 is 1.18 bits per heavy atom. The average molecular weight is 234 g/mol. The van der Waals surface area contributed by atoms with Gasteiger partial charge in [0, 0.05) is 0 Å². The van der Waals surface area contributed by atoms with Crippen LogP contribution in [0.4, 0.5) is 0 Å². The third-order valence-corrected chi connectivity index (χ3v) is 2.93. The van der Waals surface area contributed by atoms with Gasteiger partial charge in [-0.1, -0.05) is 94.2 Å². The van der Waals surface area contributed by atoms with Crippen LogP contribution in [-0.4, -0.2) is 0 Å². The van der Waals surface area contributed by atoms with Gasteiger partial charge in [-0.15, -0.1) is 0 Å². The van der Waals surface area contributed by atoms with E-state index in [1.807, 2.05) is 0 Å². The summed E-state index contributed by atoms with van der Waals surface area (Å²) in [4.78, 5) is 0. The zero-order valence-corrected chi connectivity index (χ0v) is 12.3. The Morgan fingerprint density at radius 1 is 0.588 bits per heavy atom. The fourth-order valence-corrected chi connectivity index (χ4v) is 1.67. The van der Waals surface area contributed by atoms with Gasteiger partial charge in [0.1, 0.15) is 0 Å². The number of hydrogen-bond acceptors (Lipinski definition) is 0. The molecule has 0 aliphatic heterocycles. The minimum atomic E-state index is 1.33. The highest BCUT2D eigenvalue weighted by molar-refractivity contribution is 5.19. The smallest absolute Gasteiger partial charge is 0.0398 e. The van der Waals surface area contributed by atoms with Crippen LogP contribution in [0.1, 0.15) is 69.9 Å². The van der Waals surface area contributed by atoms with Crippen molar-refractivity contribution in [2.75, 3.05) is 0 Å². The van der Waals surface area contributed by atoms with Crippen LogP contribution in [0.25, 0.3) is 0 Å². The molecule has 0 N–H and O–H groups in total. The summed E-state index contributed by atoms with van der Waals surface area (Å²) in [5.74, 6) is 0. The molecule has 98 valence electrons. The maximum Gasteiger partial charge on any atom is -0.0398 e. The summed E-state index contributed by atoms with van der Waals surface area (Å²) in [6, 6.07) is 8.48. The van der Waals surface area contributed by atoms with Crippen LogP contribution in [0.3, 0.4) is 0 Å². The summed E-state index contributed by atoms with van der Waals surface area (Å²) in [5.41, 5.74) is 2.66. The Kier molecular flexibility index (Phi) is 11.2. The van der Waals surface area contributed by atoms with Gasteiger partial charge in [-0.3, -0.25) is 0 Å². The van der Waals surface area contributed by atoms with Crippen molar-refractivity contribution in [2.45, 2.75) is 72.6 Å². The molecule has 0 amide bonds. The van der Waals surface area contributed by atoms with Gasteiger partial charge in [-0.2, -0.15) is 0 Å². The molecule has 0 radical (unpaired) electrons. The highest BCUT2D eigenvalue weighted by Gasteiger charge is 1.85. The quantitative estimate of drug-likeness (QED) is 0.525. The van der Waals surface area contributed by atoms with Crippen LogP contribution < -0.4 is 0 Å². The Hall–Kier alpha value is -0.780. The molecule has 0 aliphatic rings. The summed E-state index contributed by atoms with van der Waals surface area (Å²) >= 11 is 0. The second kappa shape index (κ2) is 11.7. The lowest BCUT2D eigenvalue weighted by Gasteiger charge is -1.96. The lowest BCUT2D eigenvalue weighted by molar-refractivity contribution is 0.602. The molecule has 0 bridgehead atoms. The fourth-order valence-electron chi connectivity index (χ4n) is 1.67. The highest BCUT2D eigenvalue weighted by Crippen LogP contribution is 2.05. The lowest BCUT2D eigenvalue weighted by Crippen LogP contribution is -1.76. The van der Waals surface area contributed by atoms with E-state index in [1.54, 1.807) is 0 Å². The maximum atomic E-state index is 2.26. The number of aryl methyl sites for hydroxylation is 2. The van der Waals surface area contributed by atoms with Crippen LogP contribution in [0.5, 0.6) is 0 Å². The molecule has 0 unspecified atom stereocenters. The van der Waals surface area contributed by atoms with Crippen molar-refractivity contribution in [1.29, 1.82) is 0 Å². The van der Waals surface area contributed by atoms with E-state index in [0.717, 1.165) is 0 Å². The van der Waals surface area contributed by atoms with E-state index in [0.29, 0.717) is 0 Å². The maximum absolute atomic E-state index is 2.26. The Bertz CT molecular complexity index is 218. The largest absolute Gasteiger partial charge is 0.0654 e. The molecule has 0 heterocycles. The van der Waals surface area contributed by atoms with Crippen molar-refractivity contribution in [2.24, 2.45) is 0 Å². The SMILES string of the molecule is CCCCCCCCC.Cc1ccc(C)cc1. The van der Waals surface area contributed by atoms with E-state index in [1.165, 1.54) is 56.1 Å². The molecule has 0 aromatic heterocycles. The van der Waals surface area contributed by atoms with Gasteiger partial charge in [0.05, 0.1) is 0 Å². The molecule has 0 fully saturated rings. The minimum Gasteiger partial charge on any atom is -0.0654 e. The molecule has 0 atom stereocenters. The second-order valence-electron chi connectivity index (χ2n) is 4.92. The first-order valence-corrected chi connectivity index (χ1v) is 7.24. The van der Waals surface area contributed by atoms with E-state index >= 15 is 0 Å². The van der Waals surface area contributed by atoms with Gasteiger partial charge < -0.3 is 0 Å². The molecule has 0 nitrogen and oxygen atoms in total. The number of rotatable bonds is 6. The predicted octanol–water partition coefficient (Wildman–Crippen LogP) is 6.06. The summed E-state index contributed by atoms with van der Waals surface area (Å²) in [7, 11) is 0. The van der Waals surface area contributed by atoms with Gasteiger partial charge >= 0.3 is 0 Å². The Balaban J connectivity index is 0.000000302. The molecule has 0 spiro atoms. The predicted molar refractivity (Wildman–Crippen MR) is 79.6 cm³/mol. The Morgan fingerprint density at radius 2 is 0.882 bits per heavy atom. The zero-order valence-electron chi connectivity index (χ0n) is 12.3.